The molecule has 1 aromatic carbocycles. The van der Waals surface area contributed by atoms with Gasteiger partial charge in [-0.1, -0.05) is 58.0 Å². The van der Waals surface area contributed by atoms with Gasteiger partial charge < -0.3 is 5.11 Å². The third-order valence-electron chi connectivity index (χ3n) is 1.19. The van der Waals surface area contributed by atoms with Crippen molar-refractivity contribution < 1.29 is 5.11 Å². The highest BCUT2D eigenvalue weighted by Gasteiger charge is 2.18. The maximum Gasteiger partial charge on any atom is 0.155 e. The maximum absolute atomic E-state index is 9.20. The second-order valence-corrected chi connectivity index (χ2v) is 3.81. The molecule has 0 atom stereocenters. The van der Waals surface area contributed by atoms with Gasteiger partial charge >= 0.3 is 0 Å². The number of benzene rings is 1. The molecule has 1 N–H and O–H groups in total. The van der Waals surface area contributed by atoms with E-state index in [1.807, 2.05) is 0 Å². The van der Waals surface area contributed by atoms with Crippen molar-refractivity contribution in [2.75, 3.05) is 0 Å². The SMILES string of the molecule is C=C.C=C.C=C.C=C.Oc1c(Cl)c(Cl)c(Cl)c(Cl)c1Cl. The first-order chi connectivity index (χ1) is 9.46. The molecule has 114 valence electrons. The first-order valence-electron chi connectivity index (χ1n) is 4.67. The zero-order chi connectivity index (χ0) is 17.5. The molecule has 6 heteroatoms. The monoisotopic (exact) mass is 376 g/mol. The van der Waals surface area contributed by atoms with Gasteiger partial charge in [-0.2, -0.15) is 0 Å². The highest BCUT2D eigenvalue weighted by Crippen LogP contribution is 2.47. The first-order valence-corrected chi connectivity index (χ1v) is 6.56. The number of hydrogen-bond acceptors (Lipinski definition) is 1. The predicted octanol–water partition coefficient (Wildman–Crippen LogP) is 7.87. The molecule has 0 saturated heterocycles. The van der Waals surface area contributed by atoms with Crippen LogP contribution in [-0.2, 0) is 0 Å². The summed E-state index contributed by atoms with van der Waals surface area (Å²) in [6, 6.07) is 0. The van der Waals surface area contributed by atoms with Crippen LogP contribution in [0.15, 0.2) is 52.6 Å². The molecule has 0 bridgehead atoms. The molecule has 0 unspecified atom stereocenters. The van der Waals surface area contributed by atoms with Gasteiger partial charge in [-0.05, 0) is 0 Å². The fourth-order valence-corrected chi connectivity index (χ4v) is 1.72. The molecule has 20 heavy (non-hydrogen) atoms. The van der Waals surface area contributed by atoms with Crippen molar-refractivity contribution in [2.45, 2.75) is 0 Å². The average molecular weight is 379 g/mol. The lowest BCUT2D eigenvalue weighted by molar-refractivity contribution is 0.476. The molecule has 0 fully saturated rings. The van der Waals surface area contributed by atoms with Gasteiger partial charge in [0.1, 0.15) is 10.0 Å². The number of aromatic hydroxyl groups is 1. The Labute approximate surface area is 146 Å². The van der Waals surface area contributed by atoms with Crippen molar-refractivity contribution in [3.8, 4) is 5.75 Å². The van der Waals surface area contributed by atoms with Gasteiger partial charge in [0.25, 0.3) is 0 Å². The fraction of sp³-hybridized carbons (Fsp3) is 0. The molecule has 0 saturated carbocycles. The number of halogens is 5. The van der Waals surface area contributed by atoms with Gasteiger partial charge in [0, 0.05) is 0 Å². The molecular formula is C14H17Cl5O. The smallest absolute Gasteiger partial charge is 0.155 e. The van der Waals surface area contributed by atoms with E-state index in [-0.39, 0.29) is 30.9 Å². The third kappa shape index (κ3) is 8.57. The summed E-state index contributed by atoms with van der Waals surface area (Å²) in [7, 11) is 0. The van der Waals surface area contributed by atoms with Gasteiger partial charge in [-0.25, -0.2) is 0 Å². The Balaban J connectivity index is -0.000000138. The van der Waals surface area contributed by atoms with Crippen LogP contribution in [0.4, 0.5) is 0 Å². The summed E-state index contributed by atoms with van der Waals surface area (Å²) in [5.41, 5.74) is 0. The van der Waals surface area contributed by atoms with Crippen LogP contribution in [0.1, 0.15) is 0 Å². The van der Waals surface area contributed by atoms with Gasteiger partial charge in [0.15, 0.2) is 5.75 Å². The fourth-order valence-electron chi connectivity index (χ4n) is 0.593. The molecule has 0 aliphatic carbocycles. The van der Waals surface area contributed by atoms with Crippen LogP contribution in [0.25, 0.3) is 0 Å². The Hall–Kier alpha value is -0.570. The summed E-state index contributed by atoms with van der Waals surface area (Å²) in [6.07, 6.45) is 0. The molecule has 1 nitrogen and oxygen atoms in total. The predicted molar refractivity (Wildman–Crippen MR) is 98.2 cm³/mol. The summed E-state index contributed by atoms with van der Waals surface area (Å²) in [4.78, 5) is 0. The molecule has 0 spiro atoms. The quantitative estimate of drug-likeness (QED) is 0.277. The molecule has 0 heterocycles. The Morgan fingerprint density at radius 1 is 0.450 bits per heavy atom. The van der Waals surface area contributed by atoms with E-state index in [1.54, 1.807) is 0 Å². The van der Waals surface area contributed by atoms with E-state index in [2.05, 4.69) is 52.6 Å². The van der Waals surface area contributed by atoms with E-state index in [4.69, 9.17) is 58.0 Å². The second kappa shape index (κ2) is 18.4. The topological polar surface area (TPSA) is 20.2 Å². The number of rotatable bonds is 0. The van der Waals surface area contributed by atoms with Crippen LogP contribution in [0.3, 0.4) is 0 Å². The number of phenols is 1. The standard InChI is InChI=1S/C6HCl5O.4C2H4/c7-1-2(8)4(10)6(12)5(11)3(1)9;4*1-2/h12H;4*1-2H2. The Morgan fingerprint density at radius 3 is 0.800 bits per heavy atom. The molecule has 0 amide bonds. The summed E-state index contributed by atoms with van der Waals surface area (Å²) in [5, 5.41) is 9.01. The Bertz CT molecular complexity index is 281. The average Bonchev–Trinajstić information content (AvgIpc) is 2.56. The lowest BCUT2D eigenvalue weighted by Crippen LogP contribution is -1.78. The van der Waals surface area contributed by atoms with Gasteiger partial charge in [-0.3, -0.25) is 0 Å². The maximum atomic E-state index is 9.20. The minimum Gasteiger partial charge on any atom is -0.505 e. The Morgan fingerprint density at radius 2 is 0.600 bits per heavy atom. The van der Waals surface area contributed by atoms with E-state index in [9.17, 15) is 5.11 Å². The van der Waals surface area contributed by atoms with E-state index in [1.165, 1.54) is 0 Å². The zero-order valence-electron chi connectivity index (χ0n) is 11.0. The van der Waals surface area contributed by atoms with Crippen LogP contribution >= 0.6 is 58.0 Å². The largest absolute Gasteiger partial charge is 0.505 e. The van der Waals surface area contributed by atoms with Crippen molar-refractivity contribution in [3.63, 3.8) is 0 Å². The lowest BCUT2D eigenvalue weighted by atomic mass is 10.3. The number of phenolic OH excluding ortho intramolecular Hbond substituents is 1. The second-order valence-electron chi connectivity index (χ2n) is 1.92. The summed E-state index contributed by atoms with van der Waals surface area (Å²) in [5.74, 6) is -0.363. The van der Waals surface area contributed by atoms with Crippen molar-refractivity contribution in [1.82, 2.24) is 0 Å². The van der Waals surface area contributed by atoms with E-state index < -0.39 is 0 Å². The van der Waals surface area contributed by atoms with Crippen molar-refractivity contribution in [3.05, 3.63) is 77.7 Å². The molecular weight excluding hydrogens is 361 g/mol. The lowest BCUT2D eigenvalue weighted by Gasteiger charge is -2.06. The van der Waals surface area contributed by atoms with Crippen molar-refractivity contribution in [1.29, 1.82) is 0 Å². The van der Waals surface area contributed by atoms with Gasteiger partial charge in [-0.15, -0.1) is 52.6 Å². The first kappa shape index (κ1) is 27.7. The van der Waals surface area contributed by atoms with Crippen LogP contribution in [0.5, 0.6) is 5.75 Å². The molecule has 0 aromatic heterocycles. The molecule has 1 aromatic rings. The van der Waals surface area contributed by atoms with Crippen LogP contribution in [0.2, 0.25) is 25.1 Å². The van der Waals surface area contributed by atoms with E-state index >= 15 is 0 Å². The minimum atomic E-state index is -0.363. The highest BCUT2D eigenvalue weighted by molar-refractivity contribution is 6.55. The molecule has 1 rings (SSSR count). The summed E-state index contributed by atoms with van der Waals surface area (Å²) >= 11 is 27.9. The van der Waals surface area contributed by atoms with E-state index in [0.29, 0.717) is 0 Å². The van der Waals surface area contributed by atoms with Crippen molar-refractivity contribution >= 4 is 58.0 Å². The third-order valence-corrected chi connectivity index (χ3v) is 3.44. The van der Waals surface area contributed by atoms with Crippen LogP contribution in [-0.4, -0.2) is 5.11 Å². The van der Waals surface area contributed by atoms with Gasteiger partial charge in [0.2, 0.25) is 0 Å². The van der Waals surface area contributed by atoms with Crippen LogP contribution in [0, 0.1) is 0 Å². The minimum absolute atomic E-state index is 0.00904. The van der Waals surface area contributed by atoms with Crippen LogP contribution < -0.4 is 0 Å². The van der Waals surface area contributed by atoms with E-state index in [0.717, 1.165) is 0 Å². The summed E-state index contributed by atoms with van der Waals surface area (Å²) in [6.45, 7) is 24.0. The highest BCUT2D eigenvalue weighted by atomic mass is 35.5. The van der Waals surface area contributed by atoms with Crippen molar-refractivity contribution in [2.24, 2.45) is 0 Å². The molecule has 0 aliphatic rings. The Kier molecular flexibility index (Phi) is 25.5. The zero-order valence-corrected chi connectivity index (χ0v) is 14.8. The normalized spacial score (nSPS) is 7.05. The molecule has 0 radical (unpaired) electrons. The number of hydrogen-bond donors (Lipinski definition) is 1. The summed E-state index contributed by atoms with van der Waals surface area (Å²) < 4.78 is 0. The molecule has 0 aliphatic heterocycles. The van der Waals surface area contributed by atoms with Gasteiger partial charge in [0.05, 0.1) is 15.1 Å².